The van der Waals surface area contributed by atoms with Gasteiger partial charge in [0, 0.05) is 6.04 Å². The summed E-state index contributed by atoms with van der Waals surface area (Å²) in [6.07, 6.45) is 1.67. The number of aromatic amines is 1. The summed E-state index contributed by atoms with van der Waals surface area (Å²) in [5, 5.41) is 15.4. The monoisotopic (exact) mass is 261 g/mol. The average Bonchev–Trinajstić information content (AvgIpc) is 2.59. The van der Waals surface area contributed by atoms with Gasteiger partial charge in [-0.15, -0.1) is 0 Å². The van der Waals surface area contributed by atoms with Crippen LogP contribution >= 0.6 is 0 Å². The minimum atomic E-state index is -3.62. The summed E-state index contributed by atoms with van der Waals surface area (Å²) < 4.78 is 26.8. The first-order valence-electron chi connectivity index (χ1n) is 5.59. The molecule has 98 valence electrons. The van der Waals surface area contributed by atoms with Crippen molar-refractivity contribution in [1.29, 1.82) is 0 Å². The van der Waals surface area contributed by atoms with Crippen LogP contribution < -0.4 is 4.72 Å². The highest BCUT2D eigenvalue weighted by atomic mass is 32.2. The molecule has 0 amide bonds. The van der Waals surface area contributed by atoms with Gasteiger partial charge in [0.25, 0.3) is 0 Å². The third-order valence-electron chi connectivity index (χ3n) is 2.46. The summed E-state index contributed by atoms with van der Waals surface area (Å²) in [6.45, 7) is 5.02. The van der Waals surface area contributed by atoms with Crippen molar-refractivity contribution >= 4 is 10.0 Å². The Morgan fingerprint density at radius 1 is 1.53 bits per heavy atom. The van der Waals surface area contributed by atoms with E-state index >= 15 is 0 Å². The van der Waals surface area contributed by atoms with Crippen molar-refractivity contribution in [3.8, 4) is 0 Å². The molecule has 1 aromatic heterocycles. The molecular weight excluding hydrogens is 242 g/mol. The Hall–Kier alpha value is -0.920. The molecule has 0 bridgehead atoms. The van der Waals surface area contributed by atoms with Crippen molar-refractivity contribution in [3.05, 3.63) is 11.4 Å². The quantitative estimate of drug-likeness (QED) is 0.701. The zero-order valence-electron chi connectivity index (χ0n) is 10.3. The number of sulfonamides is 1. The number of aliphatic hydroxyl groups excluding tert-OH is 1. The molecule has 0 aromatic carbocycles. The lowest BCUT2D eigenvalue weighted by Gasteiger charge is -2.13. The van der Waals surface area contributed by atoms with Crippen molar-refractivity contribution < 1.29 is 13.5 Å². The molecule has 7 heteroatoms. The van der Waals surface area contributed by atoms with Gasteiger partial charge in [-0.1, -0.05) is 13.3 Å². The predicted molar refractivity (Wildman–Crippen MR) is 63.9 cm³/mol. The summed E-state index contributed by atoms with van der Waals surface area (Å²) in [5.41, 5.74) is 0.587. The van der Waals surface area contributed by atoms with Crippen LogP contribution in [0.4, 0.5) is 0 Å². The molecule has 17 heavy (non-hydrogen) atoms. The first-order chi connectivity index (χ1) is 7.92. The molecule has 3 N–H and O–H groups in total. The van der Waals surface area contributed by atoms with Gasteiger partial charge in [0.2, 0.25) is 10.0 Å². The lowest BCUT2D eigenvalue weighted by atomic mass is 10.2. The Morgan fingerprint density at radius 3 is 2.71 bits per heavy atom. The Bertz CT molecular complexity index is 467. The highest BCUT2D eigenvalue weighted by Crippen LogP contribution is 2.18. The van der Waals surface area contributed by atoms with Gasteiger partial charge in [0.15, 0.2) is 0 Å². The fourth-order valence-corrected chi connectivity index (χ4v) is 3.38. The maximum absolute atomic E-state index is 12.1. The minimum Gasteiger partial charge on any atom is -0.390 e. The molecule has 0 aliphatic rings. The number of nitrogens with one attached hydrogen (secondary N) is 2. The molecular formula is C10H19N3O3S. The van der Waals surface area contributed by atoms with Gasteiger partial charge in [-0.3, -0.25) is 5.10 Å². The van der Waals surface area contributed by atoms with Gasteiger partial charge >= 0.3 is 0 Å². The largest absolute Gasteiger partial charge is 0.390 e. The lowest BCUT2D eigenvalue weighted by molar-refractivity contribution is 0.273. The van der Waals surface area contributed by atoms with E-state index in [1.807, 2.05) is 13.8 Å². The zero-order valence-corrected chi connectivity index (χ0v) is 11.1. The van der Waals surface area contributed by atoms with Crippen LogP contribution in [-0.2, 0) is 16.6 Å². The number of nitrogens with zero attached hydrogens (tertiary/aromatic N) is 1. The molecule has 1 unspecified atom stereocenters. The third kappa shape index (κ3) is 3.27. The SMILES string of the molecule is CCCC(C)NS(=O)(=O)c1c(CO)n[nH]c1C. The molecule has 1 atom stereocenters. The van der Waals surface area contributed by atoms with E-state index in [2.05, 4.69) is 14.9 Å². The normalized spacial score (nSPS) is 13.9. The first-order valence-corrected chi connectivity index (χ1v) is 7.07. The van der Waals surface area contributed by atoms with Crippen LogP contribution in [0.5, 0.6) is 0 Å². The van der Waals surface area contributed by atoms with Crippen molar-refractivity contribution in [2.24, 2.45) is 0 Å². The average molecular weight is 261 g/mol. The van der Waals surface area contributed by atoms with E-state index in [9.17, 15) is 8.42 Å². The molecule has 0 saturated heterocycles. The first kappa shape index (κ1) is 14.1. The number of aryl methyl sites for hydroxylation is 1. The smallest absolute Gasteiger partial charge is 0.244 e. The van der Waals surface area contributed by atoms with E-state index in [4.69, 9.17) is 5.11 Å². The van der Waals surface area contributed by atoms with Crippen LogP contribution in [0.15, 0.2) is 4.90 Å². The van der Waals surface area contributed by atoms with Crippen LogP contribution in [0.1, 0.15) is 38.1 Å². The summed E-state index contributed by atoms with van der Waals surface area (Å²) >= 11 is 0. The molecule has 0 spiro atoms. The molecule has 0 fully saturated rings. The van der Waals surface area contributed by atoms with Crippen molar-refractivity contribution in [2.75, 3.05) is 0 Å². The van der Waals surface area contributed by atoms with Crippen LogP contribution in [0.25, 0.3) is 0 Å². The maximum atomic E-state index is 12.1. The molecule has 1 heterocycles. The Kier molecular flexibility index (Phi) is 4.67. The second-order valence-corrected chi connectivity index (χ2v) is 5.74. The summed E-state index contributed by atoms with van der Waals surface area (Å²) in [7, 11) is -3.62. The Labute approximate surface area is 101 Å². The number of aliphatic hydroxyl groups is 1. The maximum Gasteiger partial charge on any atom is 0.244 e. The van der Waals surface area contributed by atoms with E-state index in [1.54, 1.807) is 6.92 Å². The molecule has 0 saturated carbocycles. The number of H-pyrrole nitrogens is 1. The number of rotatable bonds is 6. The highest BCUT2D eigenvalue weighted by molar-refractivity contribution is 7.89. The van der Waals surface area contributed by atoms with E-state index < -0.39 is 16.6 Å². The topological polar surface area (TPSA) is 95.1 Å². The van der Waals surface area contributed by atoms with Crippen LogP contribution in [-0.4, -0.2) is 29.8 Å². The van der Waals surface area contributed by atoms with Gasteiger partial charge in [-0.25, -0.2) is 13.1 Å². The molecule has 0 radical (unpaired) electrons. The van der Waals surface area contributed by atoms with Gasteiger partial charge < -0.3 is 5.11 Å². The highest BCUT2D eigenvalue weighted by Gasteiger charge is 2.25. The summed E-state index contributed by atoms with van der Waals surface area (Å²) in [6, 6.07) is -0.133. The van der Waals surface area contributed by atoms with E-state index in [1.165, 1.54) is 0 Å². The van der Waals surface area contributed by atoms with Crippen molar-refractivity contribution in [2.45, 2.75) is 51.2 Å². The zero-order chi connectivity index (χ0) is 13.1. The number of hydrogen-bond donors (Lipinski definition) is 3. The van der Waals surface area contributed by atoms with E-state index in [0.717, 1.165) is 12.8 Å². The molecule has 1 aromatic rings. The molecule has 0 aliphatic heterocycles. The predicted octanol–water partition coefficient (Wildman–Crippen LogP) is 0.677. The molecule has 0 aliphatic carbocycles. The van der Waals surface area contributed by atoms with E-state index in [-0.39, 0.29) is 16.6 Å². The van der Waals surface area contributed by atoms with Gasteiger partial charge in [-0.05, 0) is 20.3 Å². The van der Waals surface area contributed by atoms with Crippen LogP contribution in [0, 0.1) is 6.92 Å². The summed E-state index contributed by atoms with van der Waals surface area (Å²) in [4.78, 5) is 0.0583. The van der Waals surface area contributed by atoms with E-state index in [0.29, 0.717) is 5.69 Å². The van der Waals surface area contributed by atoms with Crippen molar-refractivity contribution in [1.82, 2.24) is 14.9 Å². The van der Waals surface area contributed by atoms with Crippen LogP contribution in [0.2, 0.25) is 0 Å². The number of hydrogen-bond acceptors (Lipinski definition) is 4. The molecule has 6 nitrogen and oxygen atoms in total. The number of aromatic nitrogens is 2. The fraction of sp³-hybridized carbons (Fsp3) is 0.700. The standard InChI is InChI=1S/C10H19N3O3S/c1-4-5-7(2)13-17(15,16)10-8(3)11-12-9(10)6-14/h7,13-14H,4-6H2,1-3H3,(H,11,12). The van der Waals surface area contributed by atoms with Gasteiger partial charge in [0.05, 0.1) is 12.3 Å². The fourth-order valence-electron chi connectivity index (χ4n) is 1.75. The Morgan fingerprint density at radius 2 is 2.18 bits per heavy atom. The van der Waals surface area contributed by atoms with Gasteiger partial charge in [0.1, 0.15) is 10.6 Å². The second-order valence-electron chi connectivity index (χ2n) is 4.09. The third-order valence-corrected chi connectivity index (χ3v) is 4.25. The lowest BCUT2D eigenvalue weighted by Crippen LogP contribution is -2.33. The van der Waals surface area contributed by atoms with Crippen LogP contribution in [0.3, 0.4) is 0 Å². The minimum absolute atomic E-state index is 0.0583. The van der Waals surface area contributed by atoms with Gasteiger partial charge in [-0.2, -0.15) is 5.10 Å². The summed E-state index contributed by atoms with van der Waals surface area (Å²) in [5.74, 6) is 0. The van der Waals surface area contributed by atoms with Crippen molar-refractivity contribution in [3.63, 3.8) is 0 Å². The second kappa shape index (κ2) is 5.61. The molecule has 1 rings (SSSR count). The Balaban J connectivity index is 3.00.